The molecule has 0 saturated carbocycles. The summed E-state index contributed by atoms with van der Waals surface area (Å²) in [7, 11) is 1.44. The van der Waals surface area contributed by atoms with E-state index in [-0.39, 0.29) is 12.1 Å². The Morgan fingerprint density at radius 2 is 2.10 bits per heavy atom. The molecule has 0 N–H and O–H groups in total. The van der Waals surface area contributed by atoms with Crippen molar-refractivity contribution in [2.45, 2.75) is 12.7 Å². The van der Waals surface area contributed by atoms with E-state index in [2.05, 4.69) is 4.98 Å². The van der Waals surface area contributed by atoms with Gasteiger partial charge in [0.05, 0.1) is 23.3 Å². The molecule has 1 aromatic heterocycles. The lowest BCUT2D eigenvalue weighted by molar-refractivity contribution is -0.140. The molecule has 1 aromatic carbocycles. The summed E-state index contributed by atoms with van der Waals surface area (Å²) in [6, 6.07) is 2.20. The number of hydrogen-bond acceptors (Lipinski definition) is 3. The number of amides is 1. The van der Waals surface area contributed by atoms with E-state index in [1.165, 1.54) is 23.3 Å². The number of rotatable bonds is 3. The summed E-state index contributed by atoms with van der Waals surface area (Å²) in [5.74, 6) is -2.03. The number of carbonyl (C=O) groups is 1. The molecule has 0 fully saturated rings. The molecule has 2 rings (SSSR count). The Morgan fingerprint density at radius 1 is 1.38 bits per heavy atom. The summed E-state index contributed by atoms with van der Waals surface area (Å²) in [4.78, 5) is 17.3. The SMILES string of the molecule is CN(Cc1cscn1)C(=O)c1ccc(F)c(C(F)(F)F)c1. The molecule has 0 atom stereocenters. The van der Waals surface area contributed by atoms with E-state index in [0.717, 1.165) is 6.07 Å². The summed E-state index contributed by atoms with van der Waals surface area (Å²) >= 11 is 1.35. The Labute approximate surface area is 121 Å². The fourth-order valence-corrected chi connectivity index (χ4v) is 2.28. The fraction of sp³-hybridized carbons (Fsp3) is 0.231. The molecule has 8 heteroatoms. The van der Waals surface area contributed by atoms with Gasteiger partial charge in [0.1, 0.15) is 5.82 Å². The van der Waals surface area contributed by atoms with Crippen molar-refractivity contribution < 1.29 is 22.4 Å². The minimum Gasteiger partial charge on any atom is -0.336 e. The standard InChI is InChI=1S/C13H10F4N2OS/c1-19(5-9-6-21-7-18-9)12(20)8-2-3-11(14)10(4-8)13(15,16)17/h2-4,6-7H,5H2,1H3. The molecule has 0 saturated heterocycles. The number of carbonyl (C=O) groups excluding carboxylic acids is 1. The molecular weight excluding hydrogens is 308 g/mol. The zero-order chi connectivity index (χ0) is 15.6. The Balaban J connectivity index is 2.23. The predicted molar refractivity (Wildman–Crippen MR) is 69.3 cm³/mol. The van der Waals surface area contributed by atoms with Crippen LogP contribution >= 0.6 is 11.3 Å². The van der Waals surface area contributed by atoms with Crippen LogP contribution in [0.15, 0.2) is 29.1 Å². The highest BCUT2D eigenvalue weighted by Crippen LogP contribution is 2.32. The highest BCUT2D eigenvalue weighted by Gasteiger charge is 2.34. The number of aromatic nitrogens is 1. The number of nitrogens with zero attached hydrogens (tertiary/aromatic N) is 2. The summed E-state index contributed by atoms with van der Waals surface area (Å²) in [6.45, 7) is 0.168. The summed E-state index contributed by atoms with van der Waals surface area (Å²) in [5, 5.41) is 1.73. The van der Waals surface area contributed by atoms with Crippen LogP contribution in [0, 0.1) is 5.82 Å². The average Bonchev–Trinajstić information content (AvgIpc) is 2.90. The summed E-state index contributed by atoms with van der Waals surface area (Å²) < 4.78 is 51.1. The third-order valence-corrected chi connectivity index (χ3v) is 3.38. The van der Waals surface area contributed by atoms with Crippen LogP contribution in [0.5, 0.6) is 0 Å². The quantitative estimate of drug-likeness (QED) is 0.811. The van der Waals surface area contributed by atoms with E-state index in [0.29, 0.717) is 17.8 Å². The molecule has 0 spiro atoms. The zero-order valence-corrected chi connectivity index (χ0v) is 11.6. The second-order valence-corrected chi connectivity index (χ2v) is 5.05. The Morgan fingerprint density at radius 3 is 2.67 bits per heavy atom. The number of alkyl halides is 3. The van der Waals surface area contributed by atoms with Crippen molar-refractivity contribution in [3.05, 3.63) is 51.7 Å². The van der Waals surface area contributed by atoms with Crippen molar-refractivity contribution in [2.24, 2.45) is 0 Å². The van der Waals surface area contributed by atoms with Crippen LogP contribution in [0.4, 0.5) is 17.6 Å². The van der Waals surface area contributed by atoms with Crippen molar-refractivity contribution in [3.8, 4) is 0 Å². The van der Waals surface area contributed by atoms with Crippen LogP contribution in [0.2, 0.25) is 0 Å². The maximum absolute atomic E-state index is 13.2. The number of benzene rings is 1. The van der Waals surface area contributed by atoms with Gasteiger partial charge in [-0.1, -0.05) is 0 Å². The molecule has 1 heterocycles. The van der Waals surface area contributed by atoms with Crippen molar-refractivity contribution >= 4 is 17.2 Å². The van der Waals surface area contributed by atoms with Gasteiger partial charge >= 0.3 is 6.18 Å². The van der Waals surface area contributed by atoms with Crippen LogP contribution in [0.3, 0.4) is 0 Å². The third kappa shape index (κ3) is 3.57. The summed E-state index contributed by atoms with van der Waals surface area (Å²) in [6.07, 6.45) is -4.84. The molecule has 21 heavy (non-hydrogen) atoms. The van der Waals surface area contributed by atoms with Gasteiger partial charge < -0.3 is 4.90 Å². The maximum atomic E-state index is 13.2. The van der Waals surface area contributed by atoms with Crippen LogP contribution < -0.4 is 0 Å². The van der Waals surface area contributed by atoms with Crippen LogP contribution in [-0.2, 0) is 12.7 Å². The normalized spacial score (nSPS) is 11.5. The first kappa shape index (κ1) is 15.4. The highest BCUT2D eigenvalue weighted by atomic mass is 32.1. The highest BCUT2D eigenvalue weighted by molar-refractivity contribution is 7.07. The van der Waals surface area contributed by atoms with Gasteiger partial charge in [0.15, 0.2) is 0 Å². The molecule has 0 bridgehead atoms. The van der Waals surface area contributed by atoms with E-state index >= 15 is 0 Å². The number of thiazole rings is 1. The Bertz CT molecular complexity index is 640. The molecule has 3 nitrogen and oxygen atoms in total. The van der Waals surface area contributed by atoms with Gasteiger partial charge in [0.2, 0.25) is 0 Å². The van der Waals surface area contributed by atoms with Gasteiger partial charge in [0.25, 0.3) is 5.91 Å². The van der Waals surface area contributed by atoms with E-state index in [4.69, 9.17) is 0 Å². The largest absolute Gasteiger partial charge is 0.419 e. The van der Waals surface area contributed by atoms with Gasteiger partial charge in [-0.3, -0.25) is 4.79 Å². The van der Waals surface area contributed by atoms with Gasteiger partial charge in [-0.25, -0.2) is 9.37 Å². The van der Waals surface area contributed by atoms with Gasteiger partial charge in [-0.05, 0) is 18.2 Å². The molecule has 0 aliphatic carbocycles. The lowest BCUT2D eigenvalue weighted by Gasteiger charge is -2.17. The van der Waals surface area contributed by atoms with E-state index in [1.54, 1.807) is 10.9 Å². The lowest BCUT2D eigenvalue weighted by Crippen LogP contribution is -2.26. The molecule has 0 aliphatic heterocycles. The first-order valence-electron chi connectivity index (χ1n) is 5.78. The molecule has 0 aliphatic rings. The van der Waals surface area contributed by atoms with E-state index < -0.39 is 23.5 Å². The van der Waals surface area contributed by atoms with Gasteiger partial charge in [-0.2, -0.15) is 13.2 Å². The minimum absolute atomic E-state index is 0.168. The van der Waals surface area contributed by atoms with Gasteiger partial charge in [-0.15, -0.1) is 11.3 Å². The second-order valence-electron chi connectivity index (χ2n) is 4.33. The molecule has 112 valence electrons. The maximum Gasteiger partial charge on any atom is 0.419 e. The Kier molecular flexibility index (Phi) is 4.26. The molecule has 0 radical (unpaired) electrons. The van der Waals surface area contributed by atoms with Crippen molar-refractivity contribution in [2.75, 3.05) is 7.05 Å². The second kappa shape index (κ2) is 5.80. The monoisotopic (exact) mass is 318 g/mol. The third-order valence-electron chi connectivity index (χ3n) is 2.75. The molecular formula is C13H10F4N2OS. The summed E-state index contributed by atoms with van der Waals surface area (Å²) in [5.41, 5.74) is 0.554. The molecule has 1 amide bonds. The smallest absolute Gasteiger partial charge is 0.336 e. The van der Waals surface area contributed by atoms with E-state index in [1.807, 2.05) is 0 Å². The van der Waals surface area contributed by atoms with Gasteiger partial charge in [0, 0.05) is 18.0 Å². The van der Waals surface area contributed by atoms with Crippen LogP contribution in [0.25, 0.3) is 0 Å². The molecule has 2 aromatic rings. The first-order valence-corrected chi connectivity index (χ1v) is 6.72. The van der Waals surface area contributed by atoms with Crippen molar-refractivity contribution in [1.29, 1.82) is 0 Å². The molecule has 0 unspecified atom stereocenters. The van der Waals surface area contributed by atoms with Crippen LogP contribution in [-0.4, -0.2) is 22.8 Å². The van der Waals surface area contributed by atoms with Crippen LogP contribution in [0.1, 0.15) is 21.6 Å². The first-order chi connectivity index (χ1) is 9.79. The number of hydrogen-bond donors (Lipinski definition) is 0. The minimum atomic E-state index is -4.84. The fourth-order valence-electron chi connectivity index (χ4n) is 1.73. The topological polar surface area (TPSA) is 33.2 Å². The predicted octanol–water partition coefficient (Wildman–Crippen LogP) is 3.57. The lowest BCUT2D eigenvalue weighted by atomic mass is 10.1. The zero-order valence-electron chi connectivity index (χ0n) is 10.8. The van der Waals surface area contributed by atoms with E-state index in [9.17, 15) is 22.4 Å². The van der Waals surface area contributed by atoms with Crippen molar-refractivity contribution in [1.82, 2.24) is 9.88 Å². The average molecular weight is 318 g/mol. The Hall–Kier alpha value is -1.96. The van der Waals surface area contributed by atoms with Crippen molar-refractivity contribution in [3.63, 3.8) is 0 Å². The number of halogens is 4.